The molecule has 2 nitrogen and oxygen atoms in total. The van der Waals surface area contributed by atoms with Crippen LogP contribution in [0.15, 0.2) is 18.2 Å². The van der Waals surface area contributed by atoms with Crippen LogP contribution in [0.3, 0.4) is 0 Å². The van der Waals surface area contributed by atoms with Crippen molar-refractivity contribution >= 4 is 5.78 Å². The molecule has 2 heteroatoms. The maximum Gasteiger partial charge on any atom is 0.166 e. The Morgan fingerprint density at radius 1 is 1.15 bits per heavy atom. The summed E-state index contributed by atoms with van der Waals surface area (Å²) in [6.07, 6.45) is 4.42. The minimum Gasteiger partial charge on any atom is -0.312 e. The van der Waals surface area contributed by atoms with Crippen molar-refractivity contribution in [3.63, 3.8) is 0 Å². The minimum atomic E-state index is 0.245. The summed E-state index contributed by atoms with van der Waals surface area (Å²) in [7, 11) is 0. The molecule has 1 aliphatic heterocycles. The number of rotatable bonds is 2. The third kappa shape index (κ3) is 2.67. The van der Waals surface area contributed by atoms with Gasteiger partial charge < -0.3 is 5.32 Å². The van der Waals surface area contributed by atoms with Crippen LogP contribution in [0.1, 0.15) is 54.6 Å². The van der Waals surface area contributed by atoms with Gasteiger partial charge in [0.15, 0.2) is 5.78 Å². The van der Waals surface area contributed by atoms with Gasteiger partial charge in [0, 0.05) is 18.0 Å². The van der Waals surface area contributed by atoms with Crippen molar-refractivity contribution in [2.24, 2.45) is 17.8 Å². The first-order chi connectivity index (χ1) is 9.65. The molecule has 1 heterocycles. The summed E-state index contributed by atoms with van der Waals surface area (Å²) < 4.78 is 0. The summed E-state index contributed by atoms with van der Waals surface area (Å²) in [5.74, 6) is 2.03. The first-order valence-electron chi connectivity index (χ1n) is 8.01. The molecule has 1 saturated carbocycles. The van der Waals surface area contributed by atoms with E-state index in [0.717, 1.165) is 37.9 Å². The van der Waals surface area contributed by atoms with E-state index in [1.54, 1.807) is 0 Å². The fourth-order valence-electron chi connectivity index (χ4n) is 4.14. The monoisotopic (exact) mass is 271 g/mol. The summed E-state index contributed by atoms with van der Waals surface area (Å²) in [6, 6.07) is 6.26. The molecule has 2 atom stereocenters. The van der Waals surface area contributed by atoms with Crippen LogP contribution < -0.4 is 5.32 Å². The van der Waals surface area contributed by atoms with E-state index in [1.807, 2.05) is 0 Å². The Kier molecular flexibility index (Phi) is 3.93. The lowest BCUT2D eigenvalue weighted by molar-refractivity contribution is 0.0835. The highest BCUT2D eigenvalue weighted by Gasteiger charge is 2.31. The second-order valence-corrected chi connectivity index (χ2v) is 6.85. The van der Waals surface area contributed by atoms with Crippen LogP contribution in [-0.2, 0) is 13.0 Å². The lowest BCUT2D eigenvalue weighted by Crippen LogP contribution is -2.29. The Balaban J connectivity index is 1.87. The lowest BCUT2D eigenvalue weighted by Gasteiger charge is -2.31. The quantitative estimate of drug-likeness (QED) is 0.833. The molecule has 0 aromatic heterocycles. The van der Waals surface area contributed by atoms with Gasteiger partial charge in [0.2, 0.25) is 0 Å². The molecule has 0 saturated heterocycles. The molecule has 1 aliphatic carbocycles. The molecule has 0 amide bonds. The van der Waals surface area contributed by atoms with E-state index in [9.17, 15) is 4.79 Å². The second-order valence-electron chi connectivity index (χ2n) is 6.85. The second kappa shape index (κ2) is 5.69. The Labute approximate surface area is 122 Å². The smallest absolute Gasteiger partial charge is 0.166 e. The molecule has 3 rings (SSSR count). The number of fused-ring (bicyclic) bond motifs is 1. The van der Waals surface area contributed by atoms with Crippen molar-refractivity contribution in [1.29, 1.82) is 0 Å². The maximum absolute atomic E-state index is 12.9. The van der Waals surface area contributed by atoms with E-state index in [4.69, 9.17) is 0 Å². The van der Waals surface area contributed by atoms with Gasteiger partial charge in [-0.05, 0) is 55.2 Å². The highest BCUT2D eigenvalue weighted by molar-refractivity contribution is 5.99. The van der Waals surface area contributed by atoms with Gasteiger partial charge in [0.1, 0.15) is 0 Å². The number of Topliss-reactive ketones (excluding diaryl/α,β-unsaturated/α-hetero) is 1. The molecule has 1 fully saturated rings. The normalized spacial score (nSPS) is 29.8. The molecular weight excluding hydrogens is 246 g/mol. The van der Waals surface area contributed by atoms with E-state index in [0.29, 0.717) is 17.6 Å². The number of benzene rings is 1. The van der Waals surface area contributed by atoms with Crippen molar-refractivity contribution in [3.8, 4) is 0 Å². The number of ketones is 1. The van der Waals surface area contributed by atoms with Crippen molar-refractivity contribution in [2.75, 3.05) is 6.54 Å². The van der Waals surface area contributed by atoms with Gasteiger partial charge in [-0.2, -0.15) is 0 Å². The summed E-state index contributed by atoms with van der Waals surface area (Å²) in [5, 5.41) is 3.39. The van der Waals surface area contributed by atoms with Crippen LogP contribution in [0.4, 0.5) is 0 Å². The topological polar surface area (TPSA) is 29.1 Å². The first kappa shape index (κ1) is 13.8. The molecular formula is C18H25NO. The van der Waals surface area contributed by atoms with Gasteiger partial charge in [0.05, 0.1) is 0 Å². The maximum atomic E-state index is 12.9. The standard InChI is InChI=1S/C18H25NO/c1-12-8-13(2)10-15(9-12)18(20)17-5-3-4-14-11-19-7-6-16(14)17/h3-5,12-13,15,19H,6-11H2,1-2H3. The summed E-state index contributed by atoms with van der Waals surface area (Å²) in [4.78, 5) is 12.9. The Hall–Kier alpha value is -1.15. The van der Waals surface area contributed by atoms with Crippen LogP contribution in [0.25, 0.3) is 0 Å². The summed E-state index contributed by atoms with van der Waals surface area (Å²) in [5.41, 5.74) is 3.64. The van der Waals surface area contributed by atoms with Crippen molar-refractivity contribution in [2.45, 2.75) is 46.1 Å². The van der Waals surface area contributed by atoms with Gasteiger partial charge in [-0.15, -0.1) is 0 Å². The molecule has 1 aromatic carbocycles. The number of hydrogen-bond acceptors (Lipinski definition) is 2. The number of hydrogen-bond donors (Lipinski definition) is 1. The zero-order valence-electron chi connectivity index (χ0n) is 12.6. The fourth-order valence-corrected chi connectivity index (χ4v) is 4.14. The van der Waals surface area contributed by atoms with Gasteiger partial charge in [-0.25, -0.2) is 0 Å². The highest BCUT2D eigenvalue weighted by atomic mass is 16.1. The van der Waals surface area contributed by atoms with Crippen molar-refractivity contribution < 1.29 is 4.79 Å². The van der Waals surface area contributed by atoms with E-state index in [-0.39, 0.29) is 5.92 Å². The molecule has 1 N–H and O–H groups in total. The van der Waals surface area contributed by atoms with Crippen LogP contribution in [0.5, 0.6) is 0 Å². The molecule has 20 heavy (non-hydrogen) atoms. The molecule has 1 aromatic rings. The highest BCUT2D eigenvalue weighted by Crippen LogP contribution is 2.35. The number of nitrogens with one attached hydrogen (secondary N) is 1. The number of carbonyl (C=O) groups is 1. The van der Waals surface area contributed by atoms with E-state index in [1.165, 1.54) is 17.5 Å². The van der Waals surface area contributed by atoms with E-state index in [2.05, 4.69) is 37.4 Å². The van der Waals surface area contributed by atoms with Crippen molar-refractivity contribution in [1.82, 2.24) is 5.32 Å². The Morgan fingerprint density at radius 3 is 2.65 bits per heavy atom. The van der Waals surface area contributed by atoms with Gasteiger partial charge in [-0.1, -0.05) is 32.0 Å². The van der Waals surface area contributed by atoms with E-state index >= 15 is 0 Å². The SMILES string of the molecule is CC1CC(C)CC(C(=O)c2cccc3c2CCNC3)C1. The Morgan fingerprint density at radius 2 is 1.90 bits per heavy atom. The van der Waals surface area contributed by atoms with Gasteiger partial charge in [0.25, 0.3) is 0 Å². The van der Waals surface area contributed by atoms with Gasteiger partial charge in [-0.3, -0.25) is 4.79 Å². The largest absolute Gasteiger partial charge is 0.312 e. The van der Waals surface area contributed by atoms with Crippen LogP contribution >= 0.6 is 0 Å². The molecule has 108 valence electrons. The van der Waals surface area contributed by atoms with Crippen LogP contribution in [0, 0.1) is 17.8 Å². The predicted octanol–water partition coefficient (Wildman–Crippen LogP) is 3.59. The average molecular weight is 271 g/mol. The van der Waals surface area contributed by atoms with Gasteiger partial charge >= 0.3 is 0 Å². The fraction of sp³-hybridized carbons (Fsp3) is 0.611. The van der Waals surface area contributed by atoms with Crippen LogP contribution in [0.2, 0.25) is 0 Å². The van der Waals surface area contributed by atoms with Crippen molar-refractivity contribution in [3.05, 3.63) is 34.9 Å². The molecule has 0 bridgehead atoms. The summed E-state index contributed by atoms with van der Waals surface area (Å²) >= 11 is 0. The third-order valence-corrected chi connectivity index (χ3v) is 4.96. The van der Waals surface area contributed by atoms with E-state index < -0.39 is 0 Å². The summed E-state index contributed by atoms with van der Waals surface area (Å²) in [6.45, 7) is 6.49. The van der Waals surface area contributed by atoms with Crippen LogP contribution in [-0.4, -0.2) is 12.3 Å². The average Bonchev–Trinajstić information content (AvgIpc) is 2.45. The molecule has 2 aliphatic rings. The molecule has 0 radical (unpaired) electrons. The third-order valence-electron chi connectivity index (χ3n) is 4.96. The zero-order chi connectivity index (χ0) is 14.1. The molecule has 2 unspecified atom stereocenters. The predicted molar refractivity (Wildman–Crippen MR) is 81.9 cm³/mol. The minimum absolute atomic E-state index is 0.245. The lowest BCUT2D eigenvalue weighted by atomic mass is 9.73. The number of carbonyl (C=O) groups excluding carboxylic acids is 1. The molecule has 0 spiro atoms. The Bertz CT molecular complexity index is 498. The zero-order valence-corrected chi connectivity index (χ0v) is 12.6. The first-order valence-corrected chi connectivity index (χ1v) is 8.01.